The highest BCUT2D eigenvalue weighted by molar-refractivity contribution is 5.69. The first kappa shape index (κ1) is 17.0. The minimum atomic E-state index is -0.214. The lowest BCUT2D eigenvalue weighted by Crippen LogP contribution is -2.53. The van der Waals surface area contributed by atoms with Gasteiger partial charge in [0, 0.05) is 18.2 Å². The molecular formula is C22H21FN2O. The second-order valence-corrected chi connectivity index (χ2v) is 6.96. The molecule has 2 aromatic rings. The Hall–Kier alpha value is -2.48. The number of fused-ring (bicyclic) bond motifs is 2. The van der Waals surface area contributed by atoms with Gasteiger partial charge in [-0.2, -0.15) is 5.26 Å². The summed E-state index contributed by atoms with van der Waals surface area (Å²) in [4.78, 5) is 2.46. The van der Waals surface area contributed by atoms with Gasteiger partial charge in [-0.3, -0.25) is 4.90 Å². The third-order valence-electron chi connectivity index (χ3n) is 5.21. The molecule has 2 atom stereocenters. The molecule has 1 saturated heterocycles. The fourth-order valence-electron chi connectivity index (χ4n) is 3.92. The lowest BCUT2D eigenvalue weighted by molar-refractivity contribution is -0.0403. The van der Waals surface area contributed by atoms with Gasteiger partial charge in [0.15, 0.2) is 0 Å². The molecule has 1 fully saturated rings. The van der Waals surface area contributed by atoms with Gasteiger partial charge < -0.3 is 4.74 Å². The molecule has 4 rings (SSSR count). The number of morpholine rings is 1. The average Bonchev–Trinajstić information content (AvgIpc) is 2.64. The first-order chi connectivity index (χ1) is 12.7. The van der Waals surface area contributed by atoms with Gasteiger partial charge >= 0.3 is 0 Å². The predicted molar refractivity (Wildman–Crippen MR) is 98.7 cm³/mol. The highest BCUT2D eigenvalue weighted by Gasteiger charge is 2.35. The standard InChI is InChI=1S/C22H21FN2O/c23-22-7-6-16(8-9-24)10-21(22)18-11-19-14-26-15-20(12-18)25(19)13-17-4-2-1-3-5-17/h1-7,10-11,19-20H,8,12-15H2. The lowest BCUT2D eigenvalue weighted by Gasteiger charge is -2.45. The molecule has 2 aliphatic heterocycles. The van der Waals surface area contributed by atoms with Crippen LogP contribution < -0.4 is 0 Å². The summed E-state index contributed by atoms with van der Waals surface area (Å²) in [5.41, 5.74) is 3.81. The van der Waals surface area contributed by atoms with Crippen LogP contribution in [-0.4, -0.2) is 30.2 Å². The van der Waals surface area contributed by atoms with E-state index in [0.29, 0.717) is 25.2 Å². The van der Waals surface area contributed by atoms with Gasteiger partial charge in [0.05, 0.1) is 31.7 Å². The largest absolute Gasteiger partial charge is 0.378 e. The summed E-state index contributed by atoms with van der Waals surface area (Å²) in [5.74, 6) is -0.214. The van der Waals surface area contributed by atoms with E-state index in [1.165, 1.54) is 11.6 Å². The topological polar surface area (TPSA) is 36.3 Å². The molecule has 132 valence electrons. The van der Waals surface area contributed by atoms with Crippen LogP contribution in [0.25, 0.3) is 5.57 Å². The number of ether oxygens (including phenoxy) is 1. The molecule has 0 saturated carbocycles. The maximum absolute atomic E-state index is 14.4. The van der Waals surface area contributed by atoms with Crippen LogP contribution in [0.1, 0.15) is 23.1 Å². The Morgan fingerprint density at radius 2 is 1.96 bits per heavy atom. The molecule has 2 unspecified atom stereocenters. The maximum atomic E-state index is 14.4. The van der Waals surface area contributed by atoms with Crippen molar-refractivity contribution in [3.8, 4) is 6.07 Å². The van der Waals surface area contributed by atoms with Gasteiger partial charge in [-0.15, -0.1) is 0 Å². The van der Waals surface area contributed by atoms with E-state index in [1.807, 2.05) is 12.1 Å². The number of nitrogens with zero attached hydrogens (tertiary/aromatic N) is 2. The van der Waals surface area contributed by atoms with E-state index in [2.05, 4.69) is 41.3 Å². The first-order valence-corrected chi connectivity index (χ1v) is 8.98. The number of hydrogen-bond donors (Lipinski definition) is 0. The van der Waals surface area contributed by atoms with Gasteiger partial charge in [0.25, 0.3) is 0 Å². The van der Waals surface area contributed by atoms with Crippen LogP contribution in [-0.2, 0) is 17.7 Å². The fraction of sp³-hybridized carbons (Fsp3) is 0.318. The Morgan fingerprint density at radius 3 is 2.73 bits per heavy atom. The summed E-state index contributed by atoms with van der Waals surface area (Å²) in [6.45, 7) is 2.17. The van der Waals surface area contributed by atoms with Crippen molar-refractivity contribution in [3.63, 3.8) is 0 Å². The van der Waals surface area contributed by atoms with E-state index in [4.69, 9.17) is 10.00 Å². The maximum Gasteiger partial charge on any atom is 0.130 e. The summed E-state index contributed by atoms with van der Waals surface area (Å²) in [7, 11) is 0. The Kier molecular flexibility index (Phi) is 4.83. The molecule has 0 aliphatic carbocycles. The third-order valence-corrected chi connectivity index (χ3v) is 5.21. The summed E-state index contributed by atoms with van der Waals surface area (Å²) >= 11 is 0. The van der Waals surface area contributed by atoms with E-state index < -0.39 is 0 Å². The van der Waals surface area contributed by atoms with Crippen molar-refractivity contribution >= 4 is 5.57 Å². The summed E-state index contributed by atoms with van der Waals surface area (Å²) in [6, 6.07) is 18.0. The monoisotopic (exact) mass is 348 g/mol. The summed E-state index contributed by atoms with van der Waals surface area (Å²) in [6.07, 6.45) is 3.21. The lowest BCUT2D eigenvalue weighted by atomic mass is 9.88. The Morgan fingerprint density at radius 1 is 1.12 bits per heavy atom. The molecule has 2 heterocycles. The van der Waals surface area contributed by atoms with Crippen LogP contribution in [0.15, 0.2) is 54.6 Å². The number of halogens is 1. The summed E-state index contributed by atoms with van der Waals surface area (Å²) in [5, 5.41) is 8.91. The number of rotatable bonds is 4. The number of benzene rings is 2. The zero-order chi connectivity index (χ0) is 17.9. The quantitative estimate of drug-likeness (QED) is 0.839. The number of hydrogen-bond acceptors (Lipinski definition) is 3. The highest BCUT2D eigenvalue weighted by Crippen LogP contribution is 2.34. The fourth-order valence-corrected chi connectivity index (χ4v) is 3.92. The van der Waals surface area contributed by atoms with Crippen LogP contribution in [0.3, 0.4) is 0 Å². The van der Waals surface area contributed by atoms with Crippen LogP contribution in [0.4, 0.5) is 4.39 Å². The van der Waals surface area contributed by atoms with Crippen molar-refractivity contribution in [2.45, 2.75) is 31.5 Å². The van der Waals surface area contributed by atoms with Crippen molar-refractivity contribution < 1.29 is 9.13 Å². The van der Waals surface area contributed by atoms with Crippen LogP contribution in [0.5, 0.6) is 0 Å². The minimum absolute atomic E-state index is 0.150. The van der Waals surface area contributed by atoms with E-state index in [0.717, 1.165) is 24.1 Å². The van der Waals surface area contributed by atoms with Crippen molar-refractivity contribution in [1.29, 1.82) is 5.26 Å². The van der Waals surface area contributed by atoms with Crippen LogP contribution in [0.2, 0.25) is 0 Å². The second kappa shape index (κ2) is 7.41. The van der Waals surface area contributed by atoms with E-state index in [1.54, 1.807) is 6.07 Å². The second-order valence-electron chi connectivity index (χ2n) is 6.96. The molecule has 0 N–H and O–H groups in total. The first-order valence-electron chi connectivity index (χ1n) is 8.98. The normalized spacial score (nSPS) is 22.5. The van der Waals surface area contributed by atoms with Crippen molar-refractivity contribution in [3.05, 3.63) is 77.1 Å². The van der Waals surface area contributed by atoms with Gasteiger partial charge in [0.1, 0.15) is 5.82 Å². The molecule has 0 radical (unpaired) electrons. The van der Waals surface area contributed by atoms with Crippen molar-refractivity contribution in [2.24, 2.45) is 0 Å². The van der Waals surface area contributed by atoms with Gasteiger partial charge in [0.2, 0.25) is 0 Å². The predicted octanol–water partition coefficient (Wildman–Crippen LogP) is 3.95. The zero-order valence-electron chi connectivity index (χ0n) is 14.6. The van der Waals surface area contributed by atoms with Gasteiger partial charge in [-0.05, 0) is 35.3 Å². The number of nitriles is 1. The van der Waals surface area contributed by atoms with Crippen LogP contribution >= 0.6 is 0 Å². The Balaban J connectivity index is 1.63. The molecule has 26 heavy (non-hydrogen) atoms. The third kappa shape index (κ3) is 3.41. The van der Waals surface area contributed by atoms with Gasteiger partial charge in [-0.25, -0.2) is 4.39 Å². The van der Waals surface area contributed by atoms with Crippen molar-refractivity contribution in [1.82, 2.24) is 4.90 Å². The molecule has 2 bridgehead atoms. The van der Waals surface area contributed by atoms with E-state index in [-0.39, 0.29) is 17.9 Å². The van der Waals surface area contributed by atoms with E-state index >= 15 is 0 Å². The van der Waals surface area contributed by atoms with Crippen molar-refractivity contribution in [2.75, 3.05) is 13.2 Å². The average molecular weight is 348 g/mol. The minimum Gasteiger partial charge on any atom is -0.378 e. The molecule has 0 aromatic heterocycles. The van der Waals surface area contributed by atoms with E-state index in [9.17, 15) is 4.39 Å². The molecular weight excluding hydrogens is 327 g/mol. The molecule has 3 nitrogen and oxygen atoms in total. The van der Waals surface area contributed by atoms with Crippen LogP contribution in [0, 0.1) is 17.1 Å². The molecule has 2 aliphatic rings. The van der Waals surface area contributed by atoms with Gasteiger partial charge in [-0.1, -0.05) is 42.5 Å². The smallest absolute Gasteiger partial charge is 0.130 e. The SMILES string of the molecule is N#CCc1ccc(F)c(C2=CC3COCC(C2)N3Cc2ccccc2)c1. The Labute approximate surface area is 153 Å². The summed E-state index contributed by atoms with van der Waals surface area (Å²) < 4.78 is 20.2. The molecule has 0 amide bonds. The molecule has 2 aromatic carbocycles. The molecule has 4 heteroatoms. The Bertz CT molecular complexity index is 856. The zero-order valence-corrected chi connectivity index (χ0v) is 14.6. The highest BCUT2D eigenvalue weighted by atomic mass is 19.1. The molecule has 0 spiro atoms.